The van der Waals surface area contributed by atoms with Crippen LogP contribution in [0.4, 0.5) is 0 Å². The average Bonchev–Trinajstić information content (AvgIpc) is 3.26. The van der Waals surface area contributed by atoms with Crippen LogP contribution in [-0.2, 0) is 18.0 Å². The predicted octanol–water partition coefficient (Wildman–Crippen LogP) is 5.11. The summed E-state index contributed by atoms with van der Waals surface area (Å²) < 4.78 is 23.7. The van der Waals surface area contributed by atoms with E-state index in [1.54, 1.807) is 0 Å². The van der Waals surface area contributed by atoms with Gasteiger partial charge in [0.15, 0.2) is 0 Å². The monoisotopic (exact) mass is 446 g/mol. The summed E-state index contributed by atoms with van der Waals surface area (Å²) in [6.45, 7) is 3.52. The molecule has 2 N–H and O–H groups in total. The first kappa shape index (κ1) is 22.5. The zero-order valence-corrected chi connectivity index (χ0v) is 18.9. The summed E-state index contributed by atoms with van der Waals surface area (Å²) in [6, 6.07) is 26.1. The highest BCUT2D eigenvalue weighted by Crippen LogP contribution is 2.31. The van der Waals surface area contributed by atoms with E-state index in [-0.39, 0.29) is 18.2 Å². The summed E-state index contributed by atoms with van der Waals surface area (Å²) in [5.74, 6) is 2.09. The van der Waals surface area contributed by atoms with E-state index < -0.39 is 0 Å². The Hall–Kier alpha value is -3.67. The third kappa shape index (κ3) is 6.91. The quantitative estimate of drug-likeness (QED) is 0.443. The lowest BCUT2D eigenvalue weighted by Gasteiger charge is -2.20. The lowest BCUT2D eigenvalue weighted by atomic mass is 10.1. The van der Waals surface area contributed by atoms with Crippen LogP contribution in [0.2, 0.25) is 0 Å². The van der Waals surface area contributed by atoms with Gasteiger partial charge in [-0.3, -0.25) is 0 Å². The van der Waals surface area contributed by atoms with Crippen LogP contribution in [0.5, 0.6) is 17.2 Å². The minimum atomic E-state index is -0.0282. The van der Waals surface area contributed by atoms with E-state index in [2.05, 4.69) is 11.9 Å². The van der Waals surface area contributed by atoms with Crippen LogP contribution in [0.1, 0.15) is 30.9 Å². The standard InChI is InChI=1S/C27H30N2O4/c1-2-23(13-22-19-32-27(28)29-22)33-26-15-24(30-17-20-9-5-3-6-10-20)14-25(16-26)31-18-21-11-7-4-8-12-21/h3-12,14-16,22-23H,2,13,17-19H2,1H3,(H2,28,29)/t22-,23-/m0/s1. The molecule has 0 saturated carbocycles. The van der Waals surface area contributed by atoms with E-state index in [0.717, 1.165) is 24.0 Å². The summed E-state index contributed by atoms with van der Waals surface area (Å²) in [5, 5.41) is 0. The molecular formula is C27H30N2O4. The van der Waals surface area contributed by atoms with Crippen molar-refractivity contribution in [2.75, 3.05) is 6.61 Å². The van der Waals surface area contributed by atoms with Crippen LogP contribution >= 0.6 is 0 Å². The highest BCUT2D eigenvalue weighted by atomic mass is 16.5. The second kappa shape index (κ2) is 11.3. The smallest absolute Gasteiger partial charge is 0.282 e. The van der Waals surface area contributed by atoms with Crippen molar-refractivity contribution in [2.24, 2.45) is 10.7 Å². The third-order valence-electron chi connectivity index (χ3n) is 5.38. The molecule has 0 aliphatic carbocycles. The van der Waals surface area contributed by atoms with Gasteiger partial charge >= 0.3 is 0 Å². The zero-order valence-electron chi connectivity index (χ0n) is 18.9. The number of amidine groups is 1. The number of nitrogens with two attached hydrogens (primary N) is 1. The van der Waals surface area contributed by atoms with Crippen LogP contribution < -0.4 is 19.9 Å². The highest BCUT2D eigenvalue weighted by Gasteiger charge is 2.22. The minimum absolute atomic E-state index is 0.0151. The Labute approximate surface area is 195 Å². The van der Waals surface area contributed by atoms with Gasteiger partial charge in [0.2, 0.25) is 0 Å². The van der Waals surface area contributed by atoms with Gasteiger partial charge in [0.1, 0.15) is 43.2 Å². The fourth-order valence-corrected chi connectivity index (χ4v) is 3.61. The Morgan fingerprint density at radius 2 is 1.42 bits per heavy atom. The fraction of sp³-hybridized carbons (Fsp3) is 0.296. The zero-order chi connectivity index (χ0) is 22.9. The maximum absolute atomic E-state index is 6.32. The molecule has 1 aliphatic rings. The number of nitrogens with zero attached hydrogens (tertiary/aromatic N) is 1. The van der Waals surface area contributed by atoms with Crippen molar-refractivity contribution in [3.05, 3.63) is 90.0 Å². The van der Waals surface area contributed by atoms with Crippen LogP contribution in [0.25, 0.3) is 0 Å². The molecule has 1 heterocycles. The molecule has 0 amide bonds. The van der Waals surface area contributed by atoms with Crippen molar-refractivity contribution in [1.82, 2.24) is 0 Å². The van der Waals surface area contributed by atoms with Crippen LogP contribution in [-0.4, -0.2) is 24.8 Å². The van der Waals surface area contributed by atoms with Crippen molar-refractivity contribution >= 4 is 6.02 Å². The Balaban J connectivity index is 1.48. The summed E-state index contributed by atoms with van der Waals surface area (Å²) in [4.78, 5) is 4.32. The lowest BCUT2D eigenvalue weighted by molar-refractivity contribution is 0.166. The van der Waals surface area contributed by atoms with Crippen molar-refractivity contribution in [3.8, 4) is 17.2 Å². The van der Waals surface area contributed by atoms with E-state index in [4.69, 9.17) is 24.7 Å². The molecule has 0 unspecified atom stereocenters. The molecule has 4 rings (SSSR count). The molecule has 0 spiro atoms. The van der Waals surface area contributed by atoms with Gasteiger partial charge in [0.05, 0.1) is 6.04 Å². The second-order valence-electron chi connectivity index (χ2n) is 8.00. The highest BCUT2D eigenvalue weighted by molar-refractivity contribution is 5.73. The van der Waals surface area contributed by atoms with Crippen LogP contribution in [0, 0.1) is 0 Å². The molecule has 0 bridgehead atoms. The van der Waals surface area contributed by atoms with Gasteiger partial charge in [-0.05, 0) is 17.5 Å². The number of benzene rings is 3. The maximum atomic E-state index is 6.32. The Bertz CT molecular complexity index is 979. The molecule has 2 atom stereocenters. The molecule has 0 saturated heterocycles. The van der Waals surface area contributed by atoms with E-state index >= 15 is 0 Å². The number of rotatable bonds is 11. The average molecular weight is 447 g/mol. The van der Waals surface area contributed by atoms with Gasteiger partial charge in [-0.15, -0.1) is 0 Å². The Morgan fingerprint density at radius 3 is 1.91 bits per heavy atom. The largest absolute Gasteiger partial charge is 0.490 e. The molecule has 0 radical (unpaired) electrons. The fourth-order valence-electron chi connectivity index (χ4n) is 3.61. The summed E-state index contributed by atoms with van der Waals surface area (Å²) in [6.07, 6.45) is 1.54. The molecule has 6 heteroatoms. The number of aliphatic imine (C=N–C) groups is 1. The molecule has 1 aliphatic heterocycles. The number of hydrogen-bond donors (Lipinski definition) is 1. The minimum Gasteiger partial charge on any atom is -0.490 e. The summed E-state index contributed by atoms with van der Waals surface area (Å²) in [7, 11) is 0. The van der Waals surface area contributed by atoms with Crippen LogP contribution in [0.3, 0.4) is 0 Å². The normalized spacial score (nSPS) is 15.9. The molecule has 3 aromatic carbocycles. The molecule has 0 aromatic heterocycles. The van der Waals surface area contributed by atoms with E-state index in [1.165, 1.54) is 0 Å². The topological polar surface area (TPSA) is 75.3 Å². The van der Waals surface area contributed by atoms with E-state index in [0.29, 0.717) is 37.1 Å². The van der Waals surface area contributed by atoms with Crippen molar-refractivity contribution in [3.63, 3.8) is 0 Å². The van der Waals surface area contributed by atoms with Gasteiger partial charge in [0, 0.05) is 24.6 Å². The van der Waals surface area contributed by atoms with Crippen molar-refractivity contribution in [1.29, 1.82) is 0 Å². The third-order valence-corrected chi connectivity index (χ3v) is 5.38. The van der Waals surface area contributed by atoms with Gasteiger partial charge in [-0.1, -0.05) is 67.6 Å². The number of ether oxygens (including phenoxy) is 4. The van der Waals surface area contributed by atoms with Gasteiger partial charge in [-0.25, -0.2) is 4.99 Å². The molecular weight excluding hydrogens is 416 g/mol. The molecule has 6 nitrogen and oxygen atoms in total. The van der Waals surface area contributed by atoms with Gasteiger partial charge < -0.3 is 24.7 Å². The first-order valence-corrected chi connectivity index (χ1v) is 11.3. The first-order chi connectivity index (χ1) is 16.2. The lowest BCUT2D eigenvalue weighted by Crippen LogP contribution is -2.22. The molecule has 0 fully saturated rings. The van der Waals surface area contributed by atoms with Crippen molar-refractivity contribution in [2.45, 2.75) is 45.1 Å². The van der Waals surface area contributed by atoms with Gasteiger partial charge in [-0.2, -0.15) is 0 Å². The van der Waals surface area contributed by atoms with Gasteiger partial charge in [0.25, 0.3) is 6.02 Å². The Morgan fingerprint density at radius 1 is 0.879 bits per heavy atom. The number of hydrogen-bond acceptors (Lipinski definition) is 6. The molecule has 172 valence electrons. The first-order valence-electron chi connectivity index (χ1n) is 11.3. The van der Waals surface area contributed by atoms with Crippen molar-refractivity contribution < 1.29 is 18.9 Å². The maximum Gasteiger partial charge on any atom is 0.282 e. The van der Waals surface area contributed by atoms with E-state index in [1.807, 2.05) is 78.9 Å². The SMILES string of the molecule is CC[C@@H](C[C@H]1COC(N)=N1)Oc1cc(OCc2ccccc2)cc(OCc2ccccc2)c1. The Kier molecular flexibility index (Phi) is 7.69. The molecule has 3 aromatic rings. The van der Waals surface area contributed by atoms with Crippen LogP contribution in [0.15, 0.2) is 83.9 Å². The van der Waals surface area contributed by atoms with E-state index in [9.17, 15) is 0 Å². The summed E-state index contributed by atoms with van der Waals surface area (Å²) >= 11 is 0. The summed E-state index contributed by atoms with van der Waals surface area (Å²) in [5.41, 5.74) is 7.84. The second-order valence-corrected chi connectivity index (χ2v) is 8.00. The predicted molar refractivity (Wildman–Crippen MR) is 129 cm³/mol. The molecule has 33 heavy (non-hydrogen) atoms.